The van der Waals surface area contributed by atoms with Crippen LogP contribution in [0.15, 0.2) is 60.8 Å². The van der Waals surface area contributed by atoms with Crippen LogP contribution in [0.2, 0.25) is 0 Å². The van der Waals surface area contributed by atoms with Crippen LogP contribution in [-0.2, 0) is 9.53 Å². The first-order valence-corrected chi connectivity index (χ1v) is 11.3. The zero-order chi connectivity index (χ0) is 25.7. The third kappa shape index (κ3) is 5.05. The van der Waals surface area contributed by atoms with Gasteiger partial charge in [-0.2, -0.15) is 9.78 Å². The molecule has 0 saturated heterocycles. The molecular weight excluding hydrogens is 460 g/mol. The Balaban J connectivity index is 1.70. The molecule has 0 spiro atoms. The van der Waals surface area contributed by atoms with E-state index in [-0.39, 0.29) is 18.0 Å². The van der Waals surface area contributed by atoms with E-state index in [9.17, 15) is 9.59 Å². The molecule has 4 aromatic rings. The summed E-state index contributed by atoms with van der Waals surface area (Å²) >= 11 is 0. The molecule has 9 heteroatoms. The van der Waals surface area contributed by atoms with Crippen LogP contribution in [0, 0.1) is 6.92 Å². The molecular formula is C27H26N4O5. The summed E-state index contributed by atoms with van der Waals surface area (Å²) in [5.74, 6) is 0.723. The fraction of sp³-hybridized carbons (Fsp3) is 0.185. The second-order valence-electron chi connectivity index (χ2n) is 7.78. The summed E-state index contributed by atoms with van der Waals surface area (Å²) in [6, 6.07) is 14.8. The van der Waals surface area contributed by atoms with Crippen molar-refractivity contribution < 1.29 is 23.8 Å². The maximum Gasteiger partial charge on any atom is 0.343 e. The molecule has 2 heterocycles. The largest absolute Gasteiger partial charge is 0.497 e. The highest BCUT2D eigenvalue weighted by Gasteiger charge is 2.22. The number of hydrogen-bond donors (Lipinski definition) is 1. The average Bonchev–Trinajstić information content (AvgIpc) is 3.31. The lowest BCUT2D eigenvalue weighted by Crippen LogP contribution is -2.16. The van der Waals surface area contributed by atoms with Gasteiger partial charge < -0.3 is 19.5 Å². The van der Waals surface area contributed by atoms with Crippen LogP contribution in [0.4, 0.5) is 5.82 Å². The standard InChI is InChI=1S/C27H26N4O5/c1-5-36-27(33)21-16-28-31(24-14-17(2)20-8-6-7-9-22(20)29-24)26(21)30-25(32)13-11-18-10-12-19(34-3)15-23(18)35-4/h6-16H,5H2,1-4H3,(H,30,32)/b13-11+. The van der Waals surface area contributed by atoms with E-state index in [0.717, 1.165) is 16.5 Å². The highest BCUT2D eigenvalue weighted by molar-refractivity contribution is 6.06. The number of ether oxygens (including phenoxy) is 3. The number of hydrogen-bond acceptors (Lipinski definition) is 7. The summed E-state index contributed by atoms with van der Waals surface area (Å²) in [7, 11) is 3.10. The van der Waals surface area contributed by atoms with Crippen LogP contribution in [0.3, 0.4) is 0 Å². The molecule has 0 aliphatic heterocycles. The van der Waals surface area contributed by atoms with E-state index < -0.39 is 11.9 Å². The highest BCUT2D eigenvalue weighted by atomic mass is 16.5. The van der Waals surface area contributed by atoms with Crippen molar-refractivity contribution in [1.82, 2.24) is 14.8 Å². The Hall–Kier alpha value is -4.66. The number of anilines is 1. The van der Waals surface area contributed by atoms with Gasteiger partial charge in [-0.05, 0) is 49.8 Å². The highest BCUT2D eigenvalue weighted by Crippen LogP contribution is 2.27. The monoisotopic (exact) mass is 486 g/mol. The Bertz CT molecular complexity index is 1460. The van der Waals surface area contributed by atoms with Gasteiger partial charge in [0.1, 0.15) is 17.1 Å². The summed E-state index contributed by atoms with van der Waals surface area (Å²) in [5, 5.41) is 8.10. The number of methoxy groups -OCH3 is 2. The van der Waals surface area contributed by atoms with Crippen molar-refractivity contribution in [3.8, 4) is 17.3 Å². The van der Waals surface area contributed by atoms with Gasteiger partial charge in [0, 0.05) is 23.1 Å². The number of nitrogens with one attached hydrogen (secondary N) is 1. The van der Waals surface area contributed by atoms with Crippen molar-refractivity contribution in [2.24, 2.45) is 0 Å². The Morgan fingerprint density at radius 1 is 1.08 bits per heavy atom. The molecule has 0 bridgehead atoms. The second kappa shape index (κ2) is 10.7. The average molecular weight is 487 g/mol. The number of amides is 1. The normalized spacial score (nSPS) is 11.0. The Kier molecular flexibility index (Phi) is 7.29. The summed E-state index contributed by atoms with van der Waals surface area (Å²) in [6.45, 7) is 3.86. The smallest absolute Gasteiger partial charge is 0.343 e. The number of benzene rings is 2. The van der Waals surface area contributed by atoms with Crippen molar-refractivity contribution >= 4 is 34.7 Å². The van der Waals surface area contributed by atoms with E-state index in [1.807, 2.05) is 37.3 Å². The number of esters is 1. The lowest BCUT2D eigenvalue weighted by molar-refractivity contribution is -0.111. The number of aryl methyl sites for hydroxylation is 1. The van der Waals surface area contributed by atoms with Gasteiger partial charge in [0.25, 0.3) is 0 Å². The third-order valence-electron chi connectivity index (χ3n) is 5.49. The van der Waals surface area contributed by atoms with Crippen LogP contribution in [-0.4, -0.2) is 47.5 Å². The van der Waals surface area contributed by atoms with Gasteiger partial charge >= 0.3 is 5.97 Å². The van der Waals surface area contributed by atoms with Crippen LogP contribution in [0.1, 0.15) is 28.4 Å². The molecule has 0 radical (unpaired) electrons. The molecule has 0 saturated carbocycles. The van der Waals surface area contributed by atoms with E-state index in [4.69, 9.17) is 14.2 Å². The minimum absolute atomic E-state index is 0.119. The van der Waals surface area contributed by atoms with E-state index in [1.165, 1.54) is 24.1 Å². The molecule has 36 heavy (non-hydrogen) atoms. The van der Waals surface area contributed by atoms with Crippen LogP contribution >= 0.6 is 0 Å². The third-order valence-corrected chi connectivity index (χ3v) is 5.49. The predicted octanol–water partition coefficient (Wildman–Crippen LogP) is 4.57. The van der Waals surface area contributed by atoms with Crippen LogP contribution in [0.5, 0.6) is 11.5 Å². The fourth-order valence-corrected chi connectivity index (χ4v) is 3.72. The van der Waals surface area contributed by atoms with Crippen molar-refractivity contribution in [3.63, 3.8) is 0 Å². The maximum absolute atomic E-state index is 12.9. The maximum atomic E-state index is 12.9. The molecule has 1 N–H and O–H groups in total. The van der Waals surface area contributed by atoms with Gasteiger partial charge in [-0.25, -0.2) is 9.78 Å². The van der Waals surface area contributed by atoms with E-state index in [2.05, 4.69) is 15.4 Å². The zero-order valence-corrected chi connectivity index (χ0v) is 20.4. The summed E-state index contributed by atoms with van der Waals surface area (Å²) < 4.78 is 17.2. The molecule has 2 aromatic carbocycles. The summed E-state index contributed by atoms with van der Waals surface area (Å²) in [5.41, 5.74) is 2.55. The number of para-hydroxylation sites is 1. The van der Waals surface area contributed by atoms with E-state index in [1.54, 1.807) is 38.3 Å². The Morgan fingerprint density at radius 2 is 1.89 bits per heavy atom. The van der Waals surface area contributed by atoms with Gasteiger partial charge in [-0.15, -0.1) is 0 Å². The minimum Gasteiger partial charge on any atom is -0.497 e. The van der Waals surface area contributed by atoms with E-state index in [0.29, 0.717) is 22.9 Å². The fourth-order valence-electron chi connectivity index (χ4n) is 3.72. The molecule has 2 aromatic heterocycles. The number of carbonyl (C=O) groups excluding carboxylic acids is 2. The topological polar surface area (TPSA) is 105 Å². The molecule has 0 unspecified atom stereocenters. The Morgan fingerprint density at radius 3 is 2.64 bits per heavy atom. The molecule has 4 rings (SSSR count). The number of pyridine rings is 1. The van der Waals surface area contributed by atoms with Crippen molar-refractivity contribution in [3.05, 3.63) is 77.5 Å². The number of fused-ring (bicyclic) bond motifs is 1. The van der Waals surface area contributed by atoms with E-state index >= 15 is 0 Å². The minimum atomic E-state index is -0.600. The summed E-state index contributed by atoms with van der Waals surface area (Å²) in [4.78, 5) is 30.2. The number of aromatic nitrogens is 3. The molecule has 1 amide bonds. The first-order chi connectivity index (χ1) is 17.4. The first kappa shape index (κ1) is 24.5. The molecule has 0 fully saturated rings. The van der Waals surface area contributed by atoms with Crippen molar-refractivity contribution in [2.75, 3.05) is 26.1 Å². The Labute approximate surface area is 208 Å². The molecule has 9 nitrogen and oxygen atoms in total. The van der Waals surface area contributed by atoms with Crippen molar-refractivity contribution in [1.29, 1.82) is 0 Å². The quantitative estimate of drug-likeness (QED) is 0.287. The zero-order valence-electron chi connectivity index (χ0n) is 20.4. The molecule has 0 atom stereocenters. The van der Waals surface area contributed by atoms with Gasteiger partial charge in [0.15, 0.2) is 11.6 Å². The van der Waals surface area contributed by atoms with Gasteiger partial charge in [0.05, 0.1) is 32.5 Å². The van der Waals surface area contributed by atoms with Crippen LogP contribution < -0.4 is 14.8 Å². The first-order valence-electron chi connectivity index (χ1n) is 11.3. The van der Waals surface area contributed by atoms with Gasteiger partial charge in [-0.1, -0.05) is 18.2 Å². The molecule has 0 aliphatic carbocycles. The number of nitrogens with zero attached hydrogens (tertiary/aromatic N) is 3. The summed E-state index contributed by atoms with van der Waals surface area (Å²) in [6.07, 6.45) is 4.31. The molecule has 184 valence electrons. The van der Waals surface area contributed by atoms with Gasteiger partial charge in [-0.3, -0.25) is 4.79 Å². The number of carbonyl (C=O) groups is 2. The predicted molar refractivity (Wildman–Crippen MR) is 137 cm³/mol. The SMILES string of the molecule is CCOC(=O)c1cnn(-c2cc(C)c3ccccc3n2)c1NC(=O)/C=C/c1ccc(OC)cc1OC. The van der Waals surface area contributed by atoms with Crippen LogP contribution in [0.25, 0.3) is 22.8 Å². The second-order valence-corrected chi connectivity index (χ2v) is 7.78. The lowest BCUT2D eigenvalue weighted by Gasteiger charge is -2.11. The lowest BCUT2D eigenvalue weighted by atomic mass is 10.1. The molecule has 0 aliphatic rings. The van der Waals surface area contributed by atoms with Gasteiger partial charge in [0.2, 0.25) is 5.91 Å². The number of rotatable bonds is 8. The van der Waals surface area contributed by atoms with Crippen molar-refractivity contribution in [2.45, 2.75) is 13.8 Å².